The van der Waals surface area contributed by atoms with Crippen LogP contribution in [-0.2, 0) is 4.79 Å². The van der Waals surface area contributed by atoms with Crippen molar-refractivity contribution in [3.8, 4) is 0 Å². The molecule has 0 aliphatic rings. The van der Waals surface area contributed by atoms with Crippen LogP contribution in [0.4, 0.5) is 0 Å². The fourth-order valence-corrected chi connectivity index (χ4v) is 1.20. The molecule has 4 heteroatoms. The van der Waals surface area contributed by atoms with Crippen molar-refractivity contribution in [2.24, 2.45) is 0 Å². The van der Waals surface area contributed by atoms with Crippen molar-refractivity contribution in [3.63, 3.8) is 0 Å². The number of aromatic nitrogens is 1. The Morgan fingerprint density at radius 2 is 2.12 bits per heavy atom. The molecule has 0 saturated heterocycles. The van der Waals surface area contributed by atoms with Gasteiger partial charge in [0.05, 0.1) is 17.3 Å². The Balaban J connectivity index is 2.66. The van der Waals surface area contributed by atoms with Gasteiger partial charge in [0.15, 0.2) is 0 Å². The summed E-state index contributed by atoms with van der Waals surface area (Å²) in [6, 6.07) is 5.59. The van der Waals surface area contributed by atoms with Gasteiger partial charge in [-0.3, -0.25) is 9.78 Å². The predicted octanol–water partition coefficient (Wildman–Crippen LogP) is 1.26. The largest absolute Gasteiger partial charge is 0.346 e. The third kappa shape index (κ3) is 3.03. The van der Waals surface area contributed by atoms with Gasteiger partial charge in [0.1, 0.15) is 0 Å². The topological polar surface area (TPSA) is 54.0 Å². The number of hydrogen-bond donors (Lipinski definition) is 2. The second kappa shape index (κ2) is 5.07. The highest BCUT2D eigenvalue weighted by molar-refractivity contribution is 5.85. The second-order valence-corrected chi connectivity index (χ2v) is 4.32. The van der Waals surface area contributed by atoms with Gasteiger partial charge >= 0.3 is 0 Å². The van der Waals surface area contributed by atoms with Gasteiger partial charge in [-0.1, -0.05) is 6.07 Å². The summed E-state index contributed by atoms with van der Waals surface area (Å²) in [5.74, 6) is -0.0341. The Morgan fingerprint density at radius 3 is 2.62 bits per heavy atom. The van der Waals surface area contributed by atoms with Gasteiger partial charge in [0.25, 0.3) is 0 Å². The summed E-state index contributed by atoms with van der Waals surface area (Å²) in [5, 5.41) is 5.89. The number of carbonyl (C=O) groups excluding carboxylic acids is 1. The highest BCUT2D eigenvalue weighted by atomic mass is 16.2. The third-order valence-electron chi connectivity index (χ3n) is 2.67. The molecule has 0 spiro atoms. The first-order valence-electron chi connectivity index (χ1n) is 5.38. The molecule has 0 bridgehead atoms. The molecule has 0 radical (unpaired) electrons. The molecule has 0 unspecified atom stereocenters. The maximum absolute atomic E-state index is 11.9. The summed E-state index contributed by atoms with van der Waals surface area (Å²) in [6.07, 6.45) is 1.72. The summed E-state index contributed by atoms with van der Waals surface area (Å²) < 4.78 is 0. The molecule has 0 aliphatic carbocycles. The van der Waals surface area contributed by atoms with Crippen LogP contribution in [0.5, 0.6) is 0 Å². The molecular formula is C12H19N3O. The number of likely N-dealkylation sites (N-methyl/N-ethyl adjacent to an activating group) is 1. The maximum Gasteiger partial charge on any atom is 0.240 e. The minimum atomic E-state index is -0.566. The lowest BCUT2D eigenvalue weighted by atomic mass is 10.0. The van der Waals surface area contributed by atoms with Crippen LogP contribution in [0.2, 0.25) is 0 Å². The van der Waals surface area contributed by atoms with Gasteiger partial charge in [-0.2, -0.15) is 0 Å². The van der Waals surface area contributed by atoms with E-state index in [1.807, 2.05) is 39.0 Å². The number of nitrogens with zero attached hydrogens (tertiary/aromatic N) is 1. The molecule has 1 aromatic heterocycles. The van der Waals surface area contributed by atoms with Crippen LogP contribution in [0.1, 0.15) is 32.5 Å². The zero-order valence-electron chi connectivity index (χ0n) is 10.2. The van der Waals surface area contributed by atoms with Gasteiger partial charge in [-0.15, -0.1) is 0 Å². The number of nitrogens with one attached hydrogen (secondary N) is 2. The van der Waals surface area contributed by atoms with E-state index in [1.54, 1.807) is 13.2 Å². The average Bonchev–Trinajstić information content (AvgIpc) is 2.30. The molecule has 16 heavy (non-hydrogen) atoms. The SMILES string of the molecule is CNC(C)(C)C(=O)N[C@H](C)c1ccccn1. The summed E-state index contributed by atoms with van der Waals surface area (Å²) in [6.45, 7) is 5.60. The molecule has 0 aromatic carbocycles. The number of amides is 1. The molecule has 0 saturated carbocycles. The van der Waals surface area contributed by atoms with Crippen LogP contribution < -0.4 is 10.6 Å². The minimum Gasteiger partial charge on any atom is -0.346 e. The maximum atomic E-state index is 11.9. The first kappa shape index (κ1) is 12.6. The van der Waals surface area contributed by atoms with Gasteiger partial charge in [0, 0.05) is 6.20 Å². The van der Waals surface area contributed by atoms with E-state index in [0.717, 1.165) is 5.69 Å². The molecule has 1 rings (SSSR count). The predicted molar refractivity (Wildman–Crippen MR) is 63.9 cm³/mol. The number of pyridine rings is 1. The summed E-state index contributed by atoms with van der Waals surface area (Å²) in [7, 11) is 1.77. The monoisotopic (exact) mass is 221 g/mol. The molecule has 1 amide bonds. The van der Waals surface area contributed by atoms with E-state index < -0.39 is 5.54 Å². The van der Waals surface area contributed by atoms with E-state index in [-0.39, 0.29) is 11.9 Å². The highest BCUT2D eigenvalue weighted by Crippen LogP contribution is 2.10. The second-order valence-electron chi connectivity index (χ2n) is 4.32. The third-order valence-corrected chi connectivity index (χ3v) is 2.67. The Bertz CT molecular complexity index is 349. The van der Waals surface area contributed by atoms with E-state index in [4.69, 9.17) is 0 Å². The van der Waals surface area contributed by atoms with Crippen LogP contribution >= 0.6 is 0 Å². The van der Waals surface area contributed by atoms with Crippen molar-refractivity contribution in [3.05, 3.63) is 30.1 Å². The van der Waals surface area contributed by atoms with Gasteiger partial charge < -0.3 is 10.6 Å². The van der Waals surface area contributed by atoms with E-state index >= 15 is 0 Å². The van der Waals surface area contributed by atoms with Crippen molar-refractivity contribution in [2.45, 2.75) is 32.4 Å². The van der Waals surface area contributed by atoms with Crippen LogP contribution in [0, 0.1) is 0 Å². The van der Waals surface area contributed by atoms with E-state index in [1.165, 1.54) is 0 Å². The summed E-state index contributed by atoms with van der Waals surface area (Å²) in [4.78, 5) is 16.1. The van der Waals surface area contributed by atoms with Crippen LogP contribution in [0.3, 0.4) is 0 Å². The van der Waals surface area contributed by atoms with E-state index in [0.29, 0.717) is 0 Å². The molecule has 1 aromatic rings. The molecule has 0 aliphatic heterocycles. The molecule has 1 atom stereocenters. The highest BCUT2D eigenvalue weighted by Gasteiger charge is 2.26. The Morgan fingerprint density at radius 1 is 1.44 bits per heavy atom. The standard InChI is InChI=1S/C12H19N3O/c1-9(10-7-5-6-8-14-10)15-11(16)12(2,3)13-4/h5-9,13H,1-4H3,(H,15,16)/t9-/m1/s1. The van der Waals surface area contributed by atoms with Crippen LogP contribution in [0.25, 0.3) is 0 Å². The molecule has 4 nitrogen and oxygen atoms in total. The lowest BCUT2D eigenvalue weighted by molar-refractivity contribution is -0.126. The smallest absolute Gasteiger partial charge is 0.240 e. The fraction of sp³-hybridized carbons (Fsp3) is 0.500. The lowest BCUT2D eigenvalue weighted by Gasteiger charge is -2.25. The van der Waals surface area contributed by atoms with Crippen LogP contribution in [-0.4, -0.2) is 23.5 Å². The first-order valence-corrected chi connectivity index (χ1v) is 5.38. The fourth-order valence-electron chi connectivity index (χ4n) is 1.20. The minimum absolute atomic E-state index is 0.0341. The van der Waals surface area contributed by atoms with Gasteiger partial charge in [-0.05, 0) is 40.0 Å². The zero-order chi connectivity index (χ0) is 12.2. The van der Waals surface area contributed by atoms with Crippen molar-refractivity contribution in [1.82, 2.24) is 15.6 Å². The van der Waals surface area contributed by atoms with E-state index in [2.05, 4.69) is 15.6 Å². The number of carbonyl (C=O) groups is 1. The van der Waals surface area contributed by atoms with Crippen molar-refractivity contribution in [2.75, 3.05) is 7.05 Å². The average molecular weight is 221 g/mol. The Labute approximate surface area is 96.5 Å². The van der Waals surface area contributed by atoms with Gasteiger partial charge in [-0.25, -0.2) is 0 Å². The summed E-state index contributed by atoms with van der Waals surface area (Å²) in [5.41, 5.74) is 0.297. The first-order chi connectivity index (χ1) is 7.47. The quantitative estimate of drug-likeness (QED) is 0.804. The Kier molecular flexibility index (Phi) is 4.01. The molecule has 88 valence electrons. The number of rotatable bonds is 4. The molecule has 1 heterocycles. The van der Waals surface area contributed by atoms with Crippen molar-refractivity contribution >= 4 is 5.91 Å². The van der Waals surface area contributed by atoms with Crippen molar-refractivity contribution in [1.29, 1.82) is 0 Å². The molecule has 2 N–H and O–H groups in total. The summed E-state index contributed by atoms with van der Waals surface area (Å²) >= 11 is 0. The van der Waals surface area contributed by atoms with Crippen molar-refractivity contribution < 1.29 is 4.79 Å². The number of hydrogen-bond acceptors (Lipinski definition) is 3. The zero-order valence-corrected chi connectivity index (χ0v) is 10.2. The van der Waals surface area contributed by atoms with Crippen LogP contribution in [0.15, 0.2) is 24.4 Å². The normalized spacial score (nSPS) is 13.2. The Hall–Kier alpha value is -1.42. The lowest BCUT2D eigenvalue weighted by Crippen LogP contribution is -2.51. The van der Waals surface area contributed by atoms with E-state index in [9.17, 15) is 4.79 Å². The van der Waals surface area contributed by atoms with Gasteiger partial charge in [0.2, 0.25) is 5.91 Å². The molecule has 0 fully saturated rings. The molecular weight excluding hydrogens is 202 g/mol.